The number of methoxy groups -OCH3 is 1. The van der Waals surface area contributed by atoms with E-state index in [1.807, 2.05) is 5.38 Å². The molecule has 3 N–H and O–H groups in total. The molecule has 174 valence electrons. The van der Waals surface area contributed by atoms with E-state index in [0.29, 0.717) is 27.4 Å². The molecule has 10 heteroatoms. The van der Waals surface area contributed by atoms with Gasteiger partial charge in [0.2, 0.25) is 5.95 Å². The number of hydrogen-bond acceptors (Lipinski definition) is 8. The summed E-state index contributed by atoms with van der Waals surface area (Å²) >= 11 is 7.73. The number of carbonyl (C=O) groups excluding carboxylic acids is 1. The highest BCUT2D eigenvalue weighted by molar-refractivity contribution is 7.14. The van der Waals surface area contributed by atoms with Crippen LogP contribution in [0.1, 0.15) is 21.5 Å². The van der Waals surface area contributed by atoms with Crippen LogP contribution in [0, 0.1) is 0 Å². The van der Waals surface area contributed by atoms with E-state index in [1.165, 1.54) is 22.5 Å². The maximum Gasteiger partial charge on any atom is 0.254 e. The number of carbonyl (C=O) groups is 1. The molecule has 0 aliphatic carbocycles. The van der Waals surface area contributed by atoms with E-state index in [2.05, 4.69) is 49.0 Å². The molecule has 4 rings (SSSR count). The summed E-state index contributed by atoms with van der Waals surface area (Å²) < 4.78 is 5.22. The zero-order valence-corrected chi connectivity index (χ0v) is 20.2. The predicted octanol–water partition coefficient (Wildman–Crippen LogP) is 4.09. The lowest BCUT2D eigenvalue weighted by Crippen LogP contribution is -2.29. The van der Waals surface area contributed by atoms with Gasteiger partial charge in [-0.05, 0) is 47.5 Å². The Morgan fingerprint density at radius 1 is 1.21 bits per heavy atom. The SMILES string of the molecule is CNC(=O)c1ccsc1Nc1nc(Nc2ccc3c(c2)CCN(CCOC)CC3)ncc1Cl. The molecule has 2 aromatic heterocycles. The number of halogens is 1. The largest absolute Gasteiger partial charge is 0.383 e. The lowest BCUT2D eigenvalue weighted by molar-refractivity contribution is 0.0964. The van der Waals surface area contributed by atoms with Gasteiger partial charge in [0.25, 0.3) is 5.91 Å². The maximum atomic E-state index is 12.1. The molecule has 0 unspecified atom stereocenters. The molecule has 0 saturated carbocycles. The van der Waals surface area contributed by atoms with E-state index >= 15 is 0 Å². The van der Waals surface area contributed by atoms with Gasteiger partial charge in [0, 0.05) is 39.5 Å². The van der Waals surface area contributed by atoms with Crippen LogP contribution in [0.4, 0.5) is 22.5 Å². The Bertz CT molecular complexity index is 1120. The molecular weight excluding hydrogens is 460 g/mol. The Morgan fingerprint density at radius 3 is 2.82 bits per heavy atom. The number of anilines is 4. The van der Waals surface area contributed by atoms with Crippen LogP contribution in [0.2, 0.25) is 5.02 Å². The first-order valence-corrected chi connectivity index (χ1v) is 12.0. The third-order valence-corrected chi connectivity index (χ3v) is 6.69. The summed E-state index contributed by atoms with van der Waals surface area (Å²) in [7, 11) is 3.34. The molecule has 0 atom stereocenters. The van der Waals surface area contributed by atoms with Gasteiger partial charge in [-0.1, -0.05) is 17.7 Å². The lowest BCUT2D eigenvalue weighted by atomic mass is 10.0. The van der Waals surface area contributed by atoms with Crippen LogP contribution in [0.25, 0.3) is 0 Å². The summed E-state index contributed by atoms with van der Waals surface area (Å²) in [5.74, 6) is 0.689. The molecule has 0 spiro atoms. The van der Waals surface area contributed by atoms with Gasteiger partial charge in [-0.25, -0.2) is 4.98 Å². The first-order chi connectivity index (χ1) is 16.1. The van der Waals surface area contributed by atoms with Gasteiger partial charge in [-0.3, -0.25) is 4.79 Å². The second kappa shape index (κ2) is 10.9. The maximum absolute atomic E-state index is 12.1. The summed E-state index contributed by atoms with van der Waals surface area (Å²) in [5.41, 5.74) is 4.17. The Labute approximate surface area is 202 Å². The zero-order chi connectivity index (χ0) is 23.2. The molecule has 3 aromatic rings. The van der Waals surface area contributed by atoms with Crippen LogP contribution in [0.15, 0.2) is 35.8 Å². The van der Waals surface area contributed by atoms with Crippen LogP contribution < -0.4 is 16.0 Å². The van der Waals surface area contributed by atoms with Crippen molar-refractivity contribution in [2.45, 2.75) is 12.8 Å². The minimum Gasteiger partial charge on any atom is -0.383 e. The van der Waals surface area contributed by atoms with Crippen LogP contribution in [-0.4, -0.2) is 61.2 Å². The third kappa shape index (κ3) is 5.80. The molecule has 8 nitrogen and oxygen atoms in total. The molecule has 1 aliphatic heterocycles. The van der Waals surface area contributed by atoms with Gasteiger partial charge in [0.1, 0.15) is 10.0 Å². The minimum atomic E-state index is -0.173. The van der Waals surface area contributed by atoms with Crippen LogP contribution in [-0.2, 0) is 17.6 Å². The van der Waals surface area contributed by atoms with Crippen molar-refractivity contribution >= 4 is 51.3 Å². The fourth-order valence-corrected chi connectivity index (χ4v) is 4.69. The van der Waals surface area contributed by atoms with Gasteiger partial charge in [-0.2, -0.15) is 4.98 Å². The van der Waals surface area contributed by atoms with E-state index in [1.54, 1.807) is 26.4 Å². The topological polar surface area (TPSA) is 91.4 Å². The van der Waals surface area contributed by atoms with Crippen molar-refractivity contribution in [3.05, 3.63) is 57.6 Å². The van der Waals surface area contributed by atoms with Crippen LogP contribution >= 0.6 is 22.9 Å². The number of nitrogens with zero attached hydrogens (tertiary/aromatic N) is 3. The number of fused-ring (bicyclic) bond motifs is 1. The number of amides is 1. The molecule has 3 heterocycles. The zero-order valence-electron chi connectivity index (χ0n) is 18.7. The average Bonchev–Trinajstić information content (AvgIpc) is 3.19. The quantitative estimate of drug-likeness (QED) is 0.441. The highest BCUT2D eigenvalue weighted by atomic mass is 35.5. The first kappa shape index (κ1) is 23.4. The Morgan fingerprint density at radius 2 is 2.03 bits per heavy atom. The van der Waals surface area contributed by atoms with Gasteiger partial charge < -0.3 is 25.6 Å². The summed E-state index contributed by atoms with van der Waals surface area (Å²) in [6, 6.07) is 8.15. The molecule has 0 radical (unpaired) electrons. The summed E-state index contributed by atoms with van der Waals surface area (Å²) in [4.78, 5) is 23.4. The first-order valence-electron chi connectivity index (χ1n) is 10.8. The van der Waals surface area contributed by atoms with E-state index < -0.39 is 0 Å². The summed E-state index contributed by atoms with van der Waals surface area (Å²) in [5, 5.41) is 12.0. The molecule has 0 fully saturated rings. The number of ether oxygens (including phenoxy) is 1. The number of thiophene rings is 1. The summed E-state index contributed by atoms with van der Waals surface area (Å²) in [6.45, 7) is 3.76. The van der Waals surface area contributed by atoms with Gasteiger partial charge in [0.05, 0.1) is 18.4 Å². The van der Waals surface area contributed by atoms with Crippen molar-refractivity contribution in [1.82, 2.24) is 20.2 Å². The Kier molecular flexibility index (Phi) is 7.77. The normalized spacial score (nSPS) is 13.8. The second-order valence-electron chi connectivity index (χ2n) is 7.70. The molecule has 33 heavy (non-hydrogen) atoms. The van der Waals surface area contributed by atoms with Crippen molar-refractivity contribution in [2.75, 3.05) is 51.0 Å². The van der Waals surface area contributed by atoms with Gasteiger partial charge in [0.15, 0.2) is 5.82 Å². The van der Waals surface area contributed by atoms with Gasteiger partial charge in [-0.15, -0.1) is 11.3 Å². The van der Waals surface area contributed by atoms with Crippen molar-refractivity contribution < 1.29 is 9.53 Å². The second-order valence-corrected chi connectivity index (χ2v) is 9.02. The van der Waals surface area contributed by atoms with E-state index in [-0.39, 0.29) is 5.91 Å². The number of rotatable bonds is 8. The highest BCUT2D eigenvalue weighted by Gasteiger charge is 2.16. The molecule has 0 bridgehead atoms. The minimum absolute atomic E-state index is 0.173. The fraction of sp³-hybridized carbons (Fsp3) is 0.348. The van der Waals surface area contributed by atoms with Crippen LogP contribution in [0.5, 0.6) is 0 Å². The summed E-state index contributed by atoms with van der Waals surface area (Å²) in [6.07, 6.45) is 3.56. The molecular formula is C23H27ClN6O2S. The standard InChI is InChI=1S/C23H27ClN6O2S/c1-25-21(31)18-7-12-33-22(18)28-20-19(24)14-26-23(29-20)27-17-4-3-15-5-8-30(10-11-32-2)9-6-16(15)13-17/h3-4,7,12-14H,5-6,8-11H2,1-2H3,(H,25,31)(H2,26,27,28,29). The predicted molar refractivity (Wildman–Crippen MR) is 133 cm³/mol. The van der Waals surface area contributed by atoms with Crippen LogP contribution in [0.3, 0.4) is 0 Å². The number of benzene rings is 1. The van der Waals surface area contributed by atoms with Crippen molar-refractivity contribution in [3.8, 4) is 0 Å². The van der Waals surface area contributed by atoms with Crippen molar-refractivity contribution in [1.29, 1.82) is 0 Å². The number of hydrogen-bond donors (Lipinski definition) is 3. The third-order valence-electron chi connectivity index (χ3n) is 5.58. The van der Waals surface area contributed by atoms with E-state index in [4.69, 9.17) is 16.3 Å². The van der Waals surface area contributed by atoms with E-state index in [0.717, 1.165) is 44.8 Å². The molecule has 1 aliphatic rings. The molecule has 1 aromatic carbocycles. The fourth-order valence-electron chi connectivity index (χ4n) is 3.76. The Hall–Kier alpha value is -2.72. The van der Waals surface area contributed by atoms with Crippen molar-refractivity contribution in [3.63, 3.8) is 0 Å². The Balaban J connectivity index is 1.48. The van der Waals surface area contributed by atoms with Crippen molar-refractivity contribution in [2.24, 2.45) is 0 Å². The molecule has 1 amide bonds. The monoisotopic (exact) mass is 486 g/mol. The smallest absolute Gasteiger partial charge is 0.254 e. The molecule has 0 saturated heterocycles. The lowest BCUT2D eigenvalue weighted by Gasteiger charge is -2.18. The van der Waals surface area contributed by atoms with Gasteiger partial charge >= 0.3 is 0 Å². The van der Waals surface area contributed by atoms with E-state index in [9.17, 15) is 4.79 Å². The number of aromatic nitrogens is 2. The highest BCUT2D eigenvalue weighted by Crippen LogP contribution is 2.30. The number of nitrogens with one attached hydrogen (secondary N) is 3. The average molecular weight is 487 g/mol.